The Kier molecular flexibility index (Phi) is 5.88. The molecule has 0 unspecified atom stereocenters. The summed E-state index contributed by atoms with van der Waals surface area (Å²) in [5.74, 6) is -0.153. The van der Waals surface area contributed by atoms with E-state index in [0.29, 0.717) is 13.0 Å². The number of carbonyl (C=O) groups excluding carboxylic acids is 1. The highest BCUT2D eigenvalue weighted by molar-refractivity contribution is 5.75. The third-order valence-corrected chi connectivity index (χ3v) is 3.27. The van der Waals surface area contributed by atoms with Crippen molar-refractivity contribution < 1.29 is 9.18 Å². The number of nitrogens with one attached hydrogen (secondary N) is 1. The average Bonchev–Trinajstić information content (AvgIpc) is 2.52. The van der Waals surface area contributed by atoms with Gasteiger partial charge >= 0.3 is 0 Å². The molecule has 0 aliphatic heterocycles. The van der Waals surface area contributed by atoms with Crippen LogP contribution in [0.1, 0.15) is 30.4 Å². The van der Waals surface area contributed by atoms with Gasteiger partial charge in [0.1, 0.15) is 5.82 Å². The SMILES string of the molecule is O=C(CCCCc1ccc(F)cc1)NCc1ccncc1. The van der Waals surface area contributed by atoms with Crippen molar-refractivity contribution in [2.75, 3.05) is 0 Å². The first-order chi connectivity index (χ1) is 10.2. The normalized spacial score (nSPS) is 10.3. The van der Waals surface area contributed by atoms with Crippen molar-refractivity contribution in [3.8, 4) is 0 Å². The van der Waals surface area contributed by atoms with Crippen LogP contribution in [-0.2, 0) is 17.8 Å². The molecule has 0 aliphatic rings. The number of hydrogen-bond donors (Lipinski definition) is 1. The van der Waals surface area contributed by atoms with Crippen molar-refractivity contribution >= 4 is 5.91 Å². The third kappa shape index (κ3) is 5.73. The predicted molar refractivity (Wildman–Crippen MR) is 80.0 cm³/mol. The van der Waals surface area contributed by atoms with Gasteiger partial charge in [-0.05, 0) is 54.7 Å². The van der Waals surface area contributed by atoms with Crippen LogP contribution in [-0.4, -0.2) is 10.9 Å². The minimum Gasteiger partial charge on any atom is -0.352 e. The summed E-state index contributed by atoms with van der Waals surface area (Å²) >= 11 is 0. The van der Waals surface area contributed by atoms with Crippen LogP contribution in [0.4, 0.5) is 4.39 Å². The number of nitrogens with zero attached hydrogens (tertiary/aromatic N) is 1. The van der Waals surface area contributed by atoms with Gasteiger partial charge in [0.25, 0.3) is 0 Å². The fraction of sp³-hybridized carbons (Fsp3) is 0.294. The highest BCUT2D eigenvalue weighted by atomic mass is 19.1. The number of aromatic nitrogens is 1. The molecular weight excluding hydrogens is 267 g/mol. The summed E-state index contributed by atoms with van der Waals surface area (Å²) in [5.41, 5.74) is 2.15. The van der Waals surface area contributed by atoms with Crippen molar-refractivity contribution in [1.29, 1.82) is 0 Å². The van der Waals surface area contributed by atoms with E-state index in [1.54, 1.807) is 24.5 Å². The number of pyridine rings is 1. The third-order valence-electron chi connectivity index (χ3n) is 3.27. The van der Waals surface area contributed by atoms with E-state index in [1.807, 2.05) is 12.1 Å². The number of rotatable bonds is 7. The number of hydrogen-bond acceptors (Lipinski definition) is 2. The van der Waals surface area contributed by atoms with Gasteiger partial charge in [-0.25, -0.2) is 4.39 Å². The fourth-order valence-electron chi connectivity index (χ4n) is 2.06. The molecule has 0 aliphatic carbocycles. The maximum atomic E-state index is 12.7. The Bertz CT molecular complexity index is 555. The summed E-state index contributed by atoms with van der Waals surface area (Å²) in [5, 5.41) is 2.89. The number of aryl methyl sites for hydroxylation is 1. The zero-order valence-electron chi connectivity index (χ0n) is 11.9. The molecule has 3 nitrogen and oxygen atoms in total. The standard InChI is InChI=1S/C17H19FN2O/c18-16-7-5-14(6-8-16)3-1-2-4-17(21)20-13-15-9-11-19-12-10-15/h5-12H,1-4,13H2,(H,20,21). The van der Waals surface area contributed by atoms with Crippen molar-refractivity contribution in [1.82, 2.24) is 10.3 Å². The highest BCUT2D eigenvalue weighted by Gasteiger charge is 2.02. The Morgan fingerprint density at radius 2 is 1.71 bits per heavy atom. The van der Waals surface area contributed by atoms with Crippen LogP contribution < -0.4 is 5.32 Å². The van der Waals surface area contributed by atoms with Crippen molar-refractivity contribution in [2.24, 2.45) is 0 Å². The molecule has 2 aromatic rings. The lowest BCUT2D eigenvalue weighted by molar-refractivity contribution is -0.121. The molecular formula is C17H19FN2O. The molecule has 0 saturated carbocycles. The first-order valence-corrected chi connectivity index (χ1v) is 7.14. The summed E-state index contributed by atoms with van der Waals surface area (Å²) < 4.78 is 12.7. The fourth-order valence-corrected chi connectivity index (χ4v) is 2.06. The molecule has 1 N–H and O–H groups in total. The second-order valence-corrected chi connectivity index (χ2v) is 4.97. The Balaban J connectivity index is 1.60. The molecule has 0 atom stereocenters. The van der Waals surface area contributed by atoms with E-state index >= 15 is 0 Å². The van der Waals surface area contributed by atoms with Crippen LogP contribution in [0.25, 0.3) is 0 Å². The summed E-state index contributed by atoms with van der Waals surface area (Å²) in [6.45, 7) is 0.541. The van der Waals surface area contributed by atoms with E-state index in [9.17, 15) is 9.18 Å². The second-order valence-electron chi connectivity index (χ2n) is 4.97. The summed E-state index contributed by atoms with van der Waals surface area (Å²) in [6.07, 6.45) is 6.58. The quantitative estimate of drug-likeness (QED) is 0.794. The molecule has 0 saturated heterocycles. The average molecular weight is 286 g/mol. The molecule has 110 valence electrons. The van der Waals surface area contributed by atoms with E-state index in [1.165, 1.54) is 12.1 Å². The number of unbranched alkanes of at least 4 members (excludes halogenated alkanes) is 1. The Labute approximate surface area is 124 Å². The van der Waals surface area contributed by atoms with Crippen LogP contribution in [0, 0.1) is 5.82 Å². The molecule has 0 spiro atoms. The monoisotopic (exact) mass is 286 g/mol. The van der Waals surface area contributed by atoms with E-state index in [4.69, 9.17) is 0 Å². The Hall–Kier alpha value is -2.23. The van der Waals surface area contributed by atoms with Gasteiger partial charge < -0.3 is 5.32 Å². The number of amides is 1. The maximum absolute atomic E-state index is 12.7. The maximum Gasteiger partial charge on any atom is 0.220 e. The van der Waals surface area contributed by atoms with Crippen molar-refractivity contribution in [2.45, 2.75) is 32.2 Å². The molecule has 1 amide bonds. The van der Waals surface area contributed by atoms with Crippen LogP contribution in [0.5, 0.6) is 0 Å². The van der Waals surface area contributed by atoms with Gasteiger partial charge in [-0.15, -0.1) is 0 Å². The summed E-state index contributed by atoms with van der Waals surface area (Å²) in [6, 6.07) is 10.3. The van der Waals surface area contributed by atoms with Crippen molar-refractivity contribution in [3.05, 3.63) is 65.7 Å². The molecule has 1 aromatic heterocycles. The largest absolute Gasteiger partial charge is 0.352 e. The van der Waals surface area contributed by atoms with Gasteiger partial charge in [-0.3, -0.25) is 9.78 Å². The van der Waals surface area contributed by atoms with E-state index < -0.39 is 0 Å². The van der Waals surface area contributed by atoms with Gasteiger partial charge in [0.15, 0.2) is 0 Å². The van der Waals surface area contributed by atoms with E-state index in [2.05, 4.69) is 10.3 Å². The Morgan fingerprint density at radius 3 is 2.43 bits per heavy atom. The van der Waals surface area contributed by atoms with E-state index in [0.717, 1.165) is 30.4 Å². The lowest BCUT2D eigenvalue weighted by Crippen LogP contribution is -2.22. The van der Waals surface area contributed by atoms with Gasteiger partial charge in [0, 0.05) is 25.4 Å². The number of carbonyl (C=O) groups is 1. The zero-order valence-corrected chi connectivity index (χ0v) is 11.9. The minimum absolute atomic E-state index is 0.0610. The molecule has 1 heterocycles. The highest BCUT2D eigenvalue weighted by Crippen LogP contribution is 2.08. The van der Waals surface area contributed by atoms with Gasteiger partial charge in [0.2, 0.25) is 5.91 Å². The molecule has 0 fully saturated rings. The molecule has 21 heavy (non-hydrogen) atoms. The molecule has 1 aromatic carbocycles. The van der Waals surface area contributed by atoms with Gasteiger partial charge in [-0.1, -0.05) is 12.1 Å². The molecule has 0 radical (unpaired) electrons. The van der Waals surface area contributed by atoms with E-state index in [-0.39, 0.29) is 11.7 Å². The zero-order chi connectivity index (χ0) is 14.9. The topological polar surface area (TPSA) is 42.0 Å². The van der Waals surface area contributed by atoms with Crippen molar-refractivity contribution in [3.63, 3.8) is 0 Å². The first kappa shape index (κ1) is 15.2. The second kappa shape index (κ2) is 8.15. The smallest absolute Gasteiger partial charge is 0.220 e. The van der Waals surface area contributed by atoms with Crippen LogP contribution in [0.15, 0.2) is 48.8 Å². The number of halogens is 1. The molecule has 4 heteroatoms. The lowest BCUT2D eigenvalue weighted by Gasteiger charge is -2.05. The number of benzene rings is 1. The van der Waals surface area contributed by atoms with Gasteiger partial charge in [0.05, 0.1) is 0 Å². The molecule has 0 bridgehead atoms. The van der Waals surface area contributed by atoms with Gasteiger partial charge in [-0.2, -0.15) is 0 Å². The minimum atomic E-state index is -0.214. The first-order valence-electron chi connectivity index (χ1n) is 7.14. The lowest BCUT2D eigenvalue weighted by atomic mass is 10.1. The predicted octanol–water partition coefficient (Wildman–Crippen LogP) is 3.25. The molecule has 2 rings (SSSR count). The summed E-state index contributed by atoms with van der Waals surface area (Å²) in [4.78, 5) is 15.6. The van der Waals surface area contributed by atoms with Crippen LogP contribution >= 0.6 is 0 Å². The van der Waals surface area contributed by atoms with Crippen LogP contribution in [0.3, 0.4) is 0 Å². The van der Waals surface area contributed by atoms with Crippen LogP contribution in [0.2, 0.25) is 0 Å². The Morgan fingerprint density at radius 1 is 1.00 bits per heavy atom. The summed E-state index contributed by atoms with van der Waals surface area (Å²) in [7, 11) is 0.